The SMILES string of the molecule is COCCN(CCOC)C(=O)c1cc(NS(=O)(=O)c2ccc(C)cc2C(N)=O)cc(Cl)c1O. The van der Waals surface area contributed by atoms with Gasteiger partial charge in [-0.1, -0.05) is 23.2 Å². The van der Waals surface area contributed by atoms with E-state index in [1.807, 2.05) is 0 Å². The molecule has 0 unspecified atom stereocenters. The Balaban J connectivity index is 2.46. The van der Waals surface area contributed by atoms with Crippen molar-refractivity contribution in [1.29, 1.82) is 0 Å². The Bertz CT molecular complexity index is 1130. The zero-order valence-corrected chi connectivity index (χ0v) is 20.0. The van der Waals surface area contributed by atoms with E-state index in [-0.39, 0.29) is 53.0 Å². The summed E-state index contributed by atoms with van der Waals surface area (Å²) in [7, 11) is -1.32. The van der Waals surface area contributed by atoms with Gasteiger partial charge in [0.05, 0.1) is 35.1 Å². The fourth-order valence-corrected chi connectivity index (χ4v) is 4.44. The number of phenols is 1. The molecule has 0 atom stereocenters. The minimum Gasteiger partial charge on any atom is -0.506 e. The highest BCUT2D eigenvalue weighted by Crippen LogP contribution is 2.33. The lowest BCUT2D eigenvalue weighted by Gasteiger charge is -2.23. The summed E-state index contributed by atoms with van der Waals surface area (Å²) >= 11 is 6.07. The number of phenolic OH excluding ortho intramolecular Hbond substituents is 1. The Kier molecular flexibility index (Phi) is 9.06. The van der Waals surface area contributed by atoms with Gasteiger partial charge >= 0.3 is 0 Å². The molecule has 0 radical (unpaired) electrons. The molecule has 0 bridgehead atoms. The molecule has 2 amide bonds. The van der Waals surface area contributed by atoms with Crippen LogP contribution < -0.4 is 10.5 Å². The van der Waals surface area contributed by atoms with E-state index in [0.29, 0.717) is 5.56 Å². The highest BCUT2D eigenvalue weighted by molar-refractivity contribution is 7.92. The first-order chi connectivity index (χ1) is 15.5. The second-order valence-corrected chi connectivity index (χ2v) is 9.16. The number of nitrogens with zero attached hydrogens (tertiary/aromatic N) is 1. The smallest absolute Gasteiger partial charge is 0.262 e. The summed E-state index contributed by atoms with van der Waals surface area (Å²) in [6.45, 7) is 2.57. The second-order valence-electron chi connectivity index (χ2n) is 7.10. The molecule has 4 N–H and O–H groups in total. The number of aryl methyl sites for hydroxylation is 1. The van der Waals surface area contributed by atoms with Gasteiger partial charge in [-0.15, -0.1) is 0 Å². The van der Waals surface area contributed by atoms with Crippen LogP contribution in [0.1, 0.15) is 26.3 Å². The molecule has 0 saturated carbocycles. The number of nitrogens with one attached hydrogen (secondary N) is 1. The number of methoxy groups -OCH3 is 2. The van der Waals surface area contributed by atoms with Gasteiger partial charge in [0, 0.05) is 27.3 Å². The van der Waals surface area contributed by atoms with Gasteiger partial charge in [-0.25, -0.2) is 8.42 Å². The van der Waals surface area contributed by atoms with E-state index in [2.05, 4.69) is 4.72 Å². The maximum Gasteiger partial charge on any atom is 0.262 e. The third-order valence-electron chi connectivity index (χ3n) is 4.65. The van der Waals surface area contributed by atoms with Gasteiger partial charge in [0.1, 0.15) is 10.6 Å². The number of aromatic hydroxyl groups is 1. The van der Waals surface area contributed by atoms with Gasteiger partial charge in [0.25, 0.3) is 15.9 Å². The standard InChI is InChI=1S/C21H26ClN3O7S/c1-13-4-5-18(15(10-13)20(23)27)33(29,30)24-14-11-16(19(26)17(22)12-14)21(28)25(6-8-31-2)7-9-32-3/h4-5,10-12,24,26H,6-9H2,1-3H3,(H2,23,27). The lowest BCUT2D eigenvalue weighted by atomic mass is 10.1. The van der Waals surface area contributed by atoms with Gasteiger partial charge < -0.3 is 25.2 Å². The summed E-state index contributed by atoms with van der Waals surface area (Å²) < 4.78 is 38.3. The first-order valence-corrected chi connectivity index (χ1v) is 11.6. The summed E-state index contributed by atoms with van der Waals surface area (Å²) in [4.78, 5) is 25.9. The minimum absolute atomic E-state index is 0.0874. The molecule has 2 rings (SSSR count). The quantitative estimate of drug-likeness (QED) is 0.400. The molecule has 12 heteroatoms. The summed E-state index contributed by atoms with van der Waals surface area (Å²) in [5.74, 6) is -2.01. The average molecular weight is 500 g/mol. The number of sulfonamides is 1. The van der Waals surface area contributed by atoms with Gasteiger partial charge in [0.15, 0.2) is 0 Å². The molecule has 33 heavy (non-hydrogen) atoms. The van der Waals surface area contributed by atoms with Crippen molar-refractivity contribution in [2.45, 2.75) is 11.8 Å². The maximum atomic E-state index is 13.1. The molecule has 0 fully saturated rings. The van der Waals surface area contributed by atoms with Crippen LogP contribution in [0.25, 0.3) is 0 Å². The molecule has 0 spiro atoms. The van der Waals surface area contributed by atoms with Crippen LogP contribution in [0.15, 0.2) is 35.2 Å². The van der Waals surface area contributed by atoms with Crippen LogP contribution in [0.3, 0.4) is 0 Å². The number of rotatable bonds is 11. The van der Waals surface area contributed by atoms with E-state index in [4.69, 9.17) is 26.8 Å². The molecule has 0 heterocycles. The summed E-state index contributed by atoms with van der Waals surface area (Å²) in [5.41, 5.74) is 5.50. The van der Waals surface area contributed by atoms with E-state index in [9.17, 15) is 23.1 Å². The van der Waals surface area contributed by atoms with E-state index in [0.717, 1.165) is 12.1 Å². The van der Waals surface area contributed by atoms with Crippen molar-refractivity contribution in [3.63, 3.8) is 0 Å². The molecule has 0 aliphatic carbocycles. The minimum atomic E-state index is -4.28. The Morgan fingerprint density at radius 3 is 2.24 bits per heavy atom. The molecule has 0 saturated heterocycles. The zero-order chi connectivity index (χ0) is 24.8. The number of hydrogen-bond acceptors (Lipinski definition) is 7. The fourth-order valence-electron chi connectivity index (χ4n) is 2.99. The third-order valence-corrected chi connectivity index (χ3v) is 6.38. The van der Waals surface area contributed by atoms with Crippen LogP contribution in [0.4, 0.5) is 5.69 Å². The number of carbonyl (C=O) groups is 2. The van der Waals surface area contributed by atoms with Crippen molar-refractivity contribution in [2.24, 2.45) is 5.73 Å². The Morgan fingerprint density at radius 2 is 1.70 bits per heavy atom. The van der Waals surface area contributed by atoms with Crippen LogP contribution in [-0.4, -0.2) is 70.8 Å². The van der Waals surface area contributed by atoms with Crippen LogP contribution in [0.5, 0.6) is 5.75 Å². The summed E-state index contributed by atoms with van der Waals surface area (Å²) in [6.07, 6.45) is 0. The Hall–Kier alpha value is -2.86. The molecule has 2 aromatic carbocycles. The first-order valence-electron chi connectivity index (χ1n) is 9.74. The molecule has 10 nitrogen and oxygen atoms in total. The van der Waals surface area contributed by atoms with E-state index >= 15 is 0 Å². The van der Waals surface area contributed by atoms with E-state index in [1.54, 1.807) is 6.92 Å². The number of halogens is 1. The lowest BCUT2D eigenvalue weighted by Crippen LogP contribution is -2.36. The predicted molar refractivity (Wildman–Crippen MR) is 123 cm³/mol. The van der Waals surface area contributed by atoms with Gasteiger partial charge in [0.2, 0.25) is 5.91 Å². The largest absolute Gasteiger partial charge is 0.506 e. The number of nitrogens with two attached hydrogens (primary N) is 1. The lowest BCUT2D eigenvalue weighted by molar-refractivity contribution is 0.0624. The van der Waals surface area contributed by atoms with Gasteiger partial charge in [-0.05, 0) is 31.2 Å². The maximum absolute atomic E-state index is 13.1. The van der Waals surface area contributed by atoms with Gasteiger partial charge in [-0.2, -0.15) is 0 Å². The molecule has 0 aromatic heterocycles. The topological polar surface area (TPSA) is 148 Å². The molecule has 0 aliphatic heterocycles. The number of primary amides is 1. The third kappa shape index (κ3) is 6.57. The Labute approximate surface area is 197 Å². The average Bonchev–Trinajstić information content (AvgIpc) is 2.75. The number of anilines is 1. The highest BCUT2D eigenvalue weighted by atomic mass is 35.5. The van der Waals surface area contributed by atoms with Crippen molar-refractivity contribution >= 4 is 39.1 Å². The van der Waals surface area contributed by atoms with Crippen molar-refractivity contribution in [3.05, 3.63) is 52.0 Å². The second kappa shape index (κ2) is 11.3. The highest BCUT2D eigenvalue weighted by Gasteiger charge is 2.25. The van der Waals surface area contributed by atoms with Crippen molar-refractivity contribution in [2.75, 3.05) is 45.2 Å². The van der Waals surface area contributed by atoms with E-state index < -0.39 is 27.6 Å². The zero-order valence-electron chi connectivity index (χ0n) is 18.4. The number of ether oxygens (including phenoxy) is 2. The molecular weight excluding hydrogens is 474 g/mol. The number of hydrogen-bond donors (Lipinski definition) is 3. The first kappa shape index (κ1) is 26.4. The number of benzene rings is 2. The van der Waals surface area contributed by atoms with Crippen LogP contribution in [0.2, 0.25) is 5.02 Å². The van der Waals surface area contributed by atoms with Crippen molar-refractivity contribution in [1.82, 2.24) is 4.90 Å². The predicted octanol–water partition coefficient (Wildman–Crippen LogP) is 1.99. The van der Waals surface area contributed by atoms with Gasteiger partial charge in [-0.3, -0.25) is 14.3 Å². The van der Waals surface area contributed by atoms with E-state index in [1.165, 1.54) is 37.3 Å². The molecular formula is C21H26ClN3O7S. The van der Waals surface area contributed by atoms with Crippen molar-refractivity contribution < 1.29 is 32.6 Å². The summed E-state index contributed by atoms with van der Waals surface area (Å²) in [5, 5.41) is 10.1. The number of carbonyl (C=O) groups excluding carboxylic acids is 2. The fraction of sp³-hybridized carbons (Fsp3) is 0.333. The number of amides is 2. The van der Waals surface area contributed by atoms with Crippen molar-refractivity contribution in [3.8, 4) is 5.75 Å². The molecule has 0 aliphatic rings. The van der Waals surface area contributed by atoms with Crippen LogP contribution in [0, 0.1) is 6.92 Å². The molecule has 180 valence electrons. The monoisotopic (exact) mass is 499 g/mol. The van der Waals surface area contributed by atoms with Crippen LogP contribution >= 0.6 is 11.6 Å². The normalized spacial score (nSPS) is 11.3. The molecule has 2 aromatic rings. The van der Waals surface area contributed by atoms with Crippen LogP contribution in [-0.2, 0) is 19.5 Å². The summed E-state index contributed by atoms with van der Waals surface area (Å²) in [6, 6.07) is 6.44. The Morgan fingerprint density at radius 1 is 1.09 bits per heavy atom.